The summed E-state index contributed by atoms with van der Waals surface area (Å²) in [4.78, 5) is 24.3. The van der Waals surface area contributed by atoms with Crippen molar-refractivity contribution in [2.24, 2.45) is 5.92 Å². The molecule has 216 valence electrons. The van der Waals surface area contributed by atoms with E-state index < -0.39 is 41.3 Å². The van der Waals surface area contributed by atoms with Gasteiger partial charge >= 0.3 is 18.2 Å². The van der Waals surface area contributed by atoms with Gasteiger partial charge in [0.1, 0.15) is 23.6 Å². The largest absolute Gasteiger partial charge is 0.487 e. The van der Waals surface area contributed by atoms with Crippen molar-refractivity contribution in [1.82, 2.24) is 5.32 Å². The number of anilines is 1. The predicted molar refractivity (Wildman–Crippen MR) is 145 cm³/mol. The maximum absolute atomic E-state index is 15.9. The third kappa shape index (κ3) is 11.1. The van der Waals surface area contributed by atoms with Gasteiger partial charge in [0.2, 0.25) is 0 Å². The smallest absolute Gasteiger partial charge is 0.471 e. The molecule has 1 unspecified atom stereocenters. The van der Waals surface area contributed by atoms with Gasteiger partial charge in [-0.05, 0) is 51.2 Å². The van der Waals surface area contributed by atoms with Crippen molar-refractivity contribution in [2.45, 2.75) is 84.7 Å². The third-order valence-electron chi connectivity index (χ3n) is 5.52. The number of alkyl carbamates (subject to hydrolysis) is 1. The van der Waals surface area contributed by atoms with Gasteiger partial charge in [-0.25, -0.2) is 9.18 Å². The van der Waals surface area contributed by atoms with E-state index in [0.29, 0.717) is 24.3 Å². The third-order valence-corrected chi connectivity index (χ3v) is 6.22. The molecule has 2 aromatic rings. The SMILES string of the molecule is CC(C)CCCC(Cc1c(Br)cc(OCc2ccccc2)c(NC(=O)C(F)(F)F)c1F)NC(=O)OC(C)(C)C. The summed E-state index contributed by atoms with van der Waals surface area (Å²) in [5, 5.41) is 4.38. The summed E-state index contributed by atoms with van der Waals surface area (Å²) in [5.74, 6) is -3.30. The standard InChI is InChI=1S/C28H35BrF4N2O4/c1-17(2)10-9-13-19(34-26(37)39-27(3,4)5)14-20-21(29)15-22(38-16-18-11-7-6-8-12-18)24(23(20)30)35-25(36)28(31,32)33/h6-8,11-12,15,17,19H,9-10,13-14,16H2,1-5H3,(H,34,37)(H,35,36). The number of hydrogen-bond acceptors (Lipinski definition) is 4. The Morgan fingerprint density at radius 3 is 2.26 bits per heavy atom. The second-order valence-corrected chi connectivity index (χ2v) is 11.5. The molecule has 0 aliphatic heterocycles. The Morgan fingerprint density at radius 1 is 1.05 bits per heavy atom. The average Bonchev–Trinajstić information content (AvgIpc) is 2.80. The molecule has 2 N–H and O–H groups in total. The van der Waals surface area contributed by atoms with Crippen LogP contribution in [0.15, 0.2) is 40.9 Å². The van der Waals surface area contributed by atoms with Crippen LogP contribution in [0.3, 0.4) is 0 Å². The zero-order chi connectivity index (χ0) is 29.4. The molecule has 0 saturated carbocycles. The molecule has 0 aliphatic rings. The predicted octanol–water partition coefficient (Wildman–Crippen LogP) is 7.93. The van der Waals surface area contributed by atoms with E-state index in [-0.39, 0.29) is 28.8 Å². The number of benzene rings is 2. The maximum Gasteiger partial charge on any atom is 0.471 e. The highest BCUT2D eigenvalue weighted by molar-refractivity contribution is 9.10. The van der Waals surface area contributed by atoms with Gasteiger partial charge < -0.3 is 20.1 Å². The second kappa shape index (κ2) is 14.0. The number of halogens is 5. The molecule has 0 radical (unpaired) electrons. The summed E-state index contributed by atoms with van der Waals surface area (Å²) in [6.45, 7) is 9.16. The Kier molecular flexibility index (Phi) is 11.6. The molecule has 1 atom stereocenters. The molecule has 0 fully saturated rings. The summed E-state index contributed by atoms with van der Waals surface area (Å²) >= 11 is 3.30. The van der Waals surface area contributed by atoms with Crippen LogP contribution in [-0.2, 0) is 22.6 Å². The number of hydrogen-bond donors (Lipinski definition) is 2. The molecule has 0 aliphatic carbocycles. The van der Waals surface area contributed by atoms with Gasteiger partial charge in [0.15, 0.2) is 5.82 Å². The van der Waals surface area contributed by atoms with Crippen LogP contribution in [0.1, 0.15) is 65.0 Å². The number of amides is 2. The molecule has 0 aromatic heterocycles. The quantitative estimate of drug-likeness (QED) is 0.251. The van der Waals surface area contributed by atoms with Gasteiger partial charge in [-0.2, -0.15) is 13.2 Å². The Hall–Kier alpha value is -2.82. The van der Waals surface area contributed by atoms with Crippen LogP contribution < -0.4 is 15.4 Å². The van der Waals surface area contributed by atoms with Gasteiger partial charge in [-0.3, -0.25) is 4.79 Å². The number of rotatable bonds is 11. The Labute approximate surface area is 235 Å². The van der Waals surface area contributed by atoms with Crippen LogP contribution >= 0.6 is 15.9 Å². The first-order valence-corrected chi connectivity index (χ1v) is 13.4. The summed E-state index contributed by atoms with van der Waals surface area (Å²) in [5.41, 5.74) is -0.821. The van der Waals surface area contributed by atoms with E-state index in [4.69, 9.17) is 9.47 Å². The molecule has 2 rings (SSSR count). The van der Waals surface area contributed by atoms with E-state index >= 15 is 4.39 Å². The van der Waals surface area contributed by atoms with Crippen LogP contribution in [0.25, 0.3) is 0 Å². The van der Waals surface area contributed by atoms with Gasteiger partial charge in [0, 0.05) is 16.1 Å². The van der Waals surface area contributed by atoms with Crippen LogP contribution in [0.5, 0.6) is 5.75 Å². The Morgan fingerprint density at radius 2 is 1.69 bits per heavy atom. The second-order valence-electron chi connectivity index (χ2n) is 10.6. The zero-order valence-corrected chi connectivity index (χ0v) is 24.3. The first-order valence-electron chi connectivity index (χ1n) is 12.6. The van der Waals surface area contributed by atoms with Crippen molar-refractivity contribution in [1.29, 1.82) is 0 Å². The molecule has 0 spiro atoms. The first kappa shape index (κ1) is 32.4. The van der Waals surface area contributed by atoms with Crippen molar-refractivity contribution in [3.63, 3.8) is 0 Å². The summed E-state index contributed by atoms with van der Waals surface area (Å²) in [6.07, 6.45) is -3.96. The molecule has 11 heteroatoms. The molecule has 2 aromatic carbocycles. The van der Waals surface area contributed by atoms with E-state index in [9.17, 15) is 22.8 Å². The fraction of sp³-hybridized carbons (Fsp3) is 0.500. The van der Waals surface area contributed by atoms with Gasteiger partial charge in [0.25, 0.3) is 0 Å². The van der Waals surface area contributed by atoms with Crippen molar-refractivity contribution < 1.29 is 36.6 Å². The highest BCUT2D eigenvalue weighted by Gasteiger charge is 2.40. The van der Waals surface area contributed by atoms with Crippen molar-refractivity contribution >= 4 is 33.6 Å². The number of alkyl halides is 3. The van der Waals surface area contributed by atoms with Crippen LogP contribution in [-0.4, -0.2) is 29.8 Å². The maximum atomic E-state index is 15.9. The van der Waals surface area contributed by atoms with Crippen LogP contribution in [0.4, 0.5) is 28.0 Å². The molecule has 0 bridgehead atoms. The number of ether oxygens (including phenoxy) is 2. The highest BCUT2D eigenvalue weighted by atomic mass is 79.9. The lowest BCUT2D eigenvalue weighted by atomic mass is 9.97. The van der Waals surface area contributed by atoms with Crippen LogP contribution in [0.2, 0.25) is 0 Å². The monoisotopic (exact) mass is 618 g/mol. The van der Waals surface area contributed by atoms with Gasteiger partial charge in [0.05, 0.1) is 0 Å². The summed E-state index contributed by atoms with van der Waals surface area (Å²) in [6, 6.07) is 9.48. The minimum Gasteiger partial charge on any atom is -0.487 e. The van der Waals surface area contributed by atoms with Crippen LogP contribution in [0, 0.1) is 11.7 Å². The molecule has 39 heavy (non-hydrogen) atoms. The van der Waals surface area contributed by atoms with Gasteiger partial charge in [-0.1, -0.05) is 73.0 Å². The fourth-order valence-corrected chi connectivity index (χ4v) is 4.24. The minimum absolute atomic E-state index is 0.0230. The number of nitrogens with one attached hydrogen (secondary N) is 2. The molecule has 2 amide bonds. The summed E-state index contributed by atoms with van der Waals surface area (Å²) < 4.78 is 66.3. The lowest BCUT2D eigenvalue weighted by Crippen LogP contribution is -2.40. The van der Waals surface area contributed by atoms with Crippen molar-refractivity contribution in [3.8, 4) is 5.75 Å². The Balaban J connectivity index is 2.42. The highest BCUT2D eigenvalue weighted by Crippen LogP contribution is 2.38. The molecule has 6 nitrogen and oxygen atoms in total. The van der Waals surface area contributed by atoms with Crippen molar-refractivity contribution in [2.75, 3.05) is 5.32 Å². The van der Waals surface area contributed by atoms with E-state index in [1.807, 2.05) is 0 Å². The number of carbonyl (C=O) groups is 2. The minimum atomic E-state index is -5.24. The first-order chi connectivity index (χ1) is 18.1. The van der Waals surface area contributed by atoms with Gasteiger partial charge in [-0.15, -0.1) is 0 Å². The zero-order valence-electron chi connectivity index (χ0n) is 22.7. The molecular formula is C28H35BrF4N2O4. The molecule has 0 saturated heterocycles. The lowest BCUT2D eigenvalue weighted by Gasteiger charge is -2.25. The lowest BCUT2D eigenvalue weighted by molar-refractivity contribution is -0.167. The molecule has 0 heterocycles. The topological polar surface area (TPSA) is 76.7 Å². The molecular weight excluding hydrogens is 584 g/mol. The Bertz CT molecular complexity index is 1120. The summed E-state index contributed by atoms with van der Waals surface area (Å²) in [7, 11) is 0. The van der Waals surface area contributed by atoms with E-state index in [0.717, 1.165) is 6.42 Å². The van der Waals surface area contributed by atoms with E-state index in [1.165, 1.54) is 6.07 Å². The van der Waals surface area contributed by atoms with E-state index in [1.54, 1.807) is 56.4 Å². The van der Waals surface area contributed by atoms with Crippen molar-refractivity contribution in [3.05, 3.63) is 57.8 Å². The average molecular weight is 619 g/mol. The number of carbonyl (C=O) groups excluding carboxylic acids is 2. The fourth-order valence-electron chi connectivity index (χ4n) is 3.69. The normalized spacial score (nSPS) is 12.7. The van der Waals surface area contributed by atoms with E-state index in [2.05, 4.69) is 35.1 Å².